The number of aromatic nitrogens is 1. The van der Waals surface area contributed by atoms with Gasteiger partial charge in [-0.25, -0.2) is 9.37 Å². The quantitative estimate of drug-likeness (QED) is 0.888. The number of benzene rings is 1. The topological polar surface area (TPSA) is 46.2 Å². The summed E-state index contributed by atoms with van der Waals surface area (Å²) in [5.41, 5.74) is 1.54. The minimum absolute atomic E-state index is 0.148. The summed E-state index contributed by atoms with van der Waals surface area (Å²) in [5.74, 6) is -0.145. The van der Waals surface area contributed by atoms with Gasteiger partial charge in [-0.3, -0.25) is 0 Å². The summed E-state index contributed by atoms with van der Waals surface area (Å²) < 4.78 is 18.8. The van der Waals surface area contributed by atoms with E-state index in [0.29, 0.717) is 0 Å². The number of nitrogens with zero attached hydrogens (tertiary/aromatic N) is 1. The summed E-state index contributed by atoms with van der Waals surface area (Å²) in [7, 11) is 5.17. The summed E-state index contributed by atoms with van der Waals surface area (Å²) in [5, 5.41) is 7.04. The van der Waals surface area contributed by atoms with Crippen LogP contribution >= 0.6 is 11.3 Å². The Hall–Kier alpha value is -1.66. The molecule has 1 aromatic carbocycles. The standard InChI is InChI=1S/C14H18FN3OS/c1-8(16-2)13-12(18-14(17-3)20-13)9-5-6-11(19-4)10(15)7-9/h5-8,16H,1-4H3,(H,17,18). The number of halogens is 1. The maximum absolute atomic E-state index is 13.9. The van der Waals surface area contributed by atoms with Crippen LogP contribution in [0.5, 0.6) is 5.75 Å². The highest BCUT2D eigenvalue weighted by molar-refractivity contribution is 7.16. The highest BCUT2D eigenvalue weighted by Gasteiger charge is 2.18. The van der Waals surface area contributed by atoms with Crippen molar-refractivity contribution in [1.82, 2.24) is 10.3 Å². The van der Waals surface area contributed by atoms with Gasteiger partial charge in [-0.1, -0.05) is 11.3 Å². The van der Waals surface area contributed by atoms with E-state index >= 15 is 0 Å². The Bertz CT molecular complexity index is 600. The number of rotatable bonds is 5. The Labute approximate surface area is 122 Å². The molecule has 0 aliphatic rings. The molecule has 6 heteroatoms. The van der Waals surface area contributed by atoms with Gasteiger partial charge in [-0.05, 0) is 32.2 Å². The zero-order valence-corrected chi connectivity index (χ0v) is 12.8. The fraction of sp³-hybridized carbons (Fsp3) is 0.357. The molecule has 0 amide bonds. The molecule has 0 radical (unpaired) electrons. The Morgan fingerprint density at radius 1 is 1.35 bits per heavy atom. The number of anilines is 1. The normalized spacial score (nSPS) is 12.2. The zero-order valence-electron chi connectivity index (χ0n) is 12.0. The average molecular weight is 295 g/mol. The van der Waals surface area contributed by atoms with Crippen molar-refractivity contribution in [1.29, 1.82) is 0 Å². The lowest BCUT2D eigenvalue weighted by Crippen LogP contribution is -2.11. The molecule has 0 aliphatic heterocycles. The Morgan fingerprint density at radius 3 is 2.65 bits per heavy atom. The van der Waals surface area contributed by atoms with Gasteiger partial charge in [0.15, 0.2) is 16.7 Å². The van der Waals surface area contributed by atoms with Gasteiger partial charge >= 0.3 is 0 Å². The van der Waals surface area contributed by atoms with Gasteiger partial charge in [-0.2, -0.15) is 0 Å². The summed E-state index contributed by atoms with van der Waals surface area (Å²) >= 11 is 1.56. The third kappa shape index (κ3) is 2.76. The van der Waals surface area contributed by atoms with E-state index in [-0.39, 0.29) is 17.6 Å². The highest BCUT2D eigenvalue weighted by Crippen LogP contribution is 2.36. The zero-order chi connectivity index (χ0) is 14.7. The van der Waals surface area contributed by atoms with Crippen LogP contribution in [0.4, 0.5) is 9.52 Å². The molecule has 0 saturated carbocycles. The van der Waals surface area contributed by atoms with Crippen molar-refractivity contribution in [3.63, 3.8) is 0 Å². The first-order valence-corrected chi connectivity index (χ1v) is 7.12. The van der Waals surface area contributed by atoms with Crippen molar-refractivity contribution < 1.29 is 9.13 Å². The summed E-state index contributed by atoms with van der Waals surface area (Å²) in [6.07, 6.45) is 0. The minimum Gasteiger partial charge on any atom is -0.494 e. The molecule has 1 heterocycles. The summed E-state index contributed by atoms with van der Waals surface area (Å²) in [6, 6.07) is 5.05. The fourth-order valence-electron chi connectivity index (χ4n) is 1.88. The molecule has 4 nitrogen and oxygen atoms in total. The smallest absolute Gasteiger partial charge is 0.183 e. The molecule has 2 aromatic rings. The molecule has 1 aromatic heterocycles. The van der Waals surface area contributed by atoms with Gasteiger partial charge in [0.1, 0.15) is 0 Å². The minimum atomic E-state index is -0.382. The highest BCUT2D eigenvalue weighted by atomic mass is 32.1. The molecule has 2 rings (SSSR count). The lowest BCUT2D eigenvalue weighted by Gasteiger charge is -2.10. The molecular weight excluding hydrogens is 277 g/mol. The van der Waals surface area contributed by atoms with E-state index in [1.54, 1.807) is 17.4 Å². The molecular formula is C14H18FN3OS. The molecule has 2 N–H and O–H groups in total. The molecule has 1 atom stereocenters. The van der Waals surface area contributed by atoms with Crippen molar-refractivity contribution in [2.24, 2.45) is 0 Å². The van der Waals surface area contributed by atoms with Crippen molar-refractivity contribution in [3.05, 3.63) is 28.9 Å². The van der Waals surface area contributed by atoms with Crippen molar-refractivity contribution in [2.45, 2.75) is 13.0 Å². The lowest BCUT2D eigenvalue weighted by molar-refractivity contribution is 0.386. The maximum Gasteiger partial charge on any atom is 0.183 e. The molecule has 0 saturated heterocycles. The second-order valence-corrected chi connectivity index (χ2v) is 5.37. The van der Waals surface area contributed by atoms with E-state index in [1.165, 1.54) is 13.2 Å². The van der Waals surface area contributed by atoms with Crippen LogP contribution in [0.1, 0.15) is 17.8 Å². The second kappa shape index (κ2) is 6.19. The van der Waals surface area contributed by atoms with Crippen LogP contribution in [0.3, 0.4) is 0 Å². The third-order valence-electron chi connectivity index (χ3n) is 3.12. The van der Waals surface area contributed by atoms with Gasteiger partial charge in [0, 0.05) is 18.7 Å². The van der Waals surface area contributed by atoms with Gasteiger partial charge in [0.2, 0.25) is 0 Å². The van der Waals surface area contributed by atoms with E-state index in [4.69, 9.17) is 4.74 Å². The van der Waals surface area contributed by atoms with E-state index in [2.05, 4.69) is 22.5 Å². The fourth-order valence-corrected chi connectivity index (χ4v) is 2.89. The first kappa shape index (κ1) is 14.7. The van der Waals surface area contributed by atoms with Crippen LogP contribution in [0.15, 0.2) is 18.2 Å². The van der Waals surface area contributed by atoms with E-state index in [1.807, 2.05) is 20.2 Å². The summed E-state index contributed by atoms with van der Waals surface area (Å²) in [6.45, 7) is 2.05. The van der Waals surface area contributed by atoms with E-state index < -0.39 is 0 Å². The van der Waals surface area contributed by atoms with Crippen LogP contribution in [0, 0.1) is 5.82 Å². The molecule has 20 heavy (non-hydrogen) atoms. The van der Waals surface area contributed by atoms with Gasteiger partial charge < -0.3 is 15.4 Å². The van der Waals surface area contributed by atoms with Crippen molar-refractivity contribution >= 4 is 16.5 Å². The number of hydrogen-bond acceptors (Lipinski definition) is 5. The number of thiazole rings is 1. The van der Waals surface area contributed by atoms with Gasteiger partial charge in [0.05, 0.1) is 17.7 Å². The van der Waals surface area contributed by atoms with Gasteiger partial charge in [-0.15, -0.1) is 0 Å². The monoisotopic (exact) mass is 295 g/mol. The summed E-state index contributed by atoms with van der Waals surface area (Å²) in [4.78, 5) is 5.60. The first-order chi connectivity index (χ1) is 9.60. The second-order valence-electron chi connectivity index (χ2n) is 4.34. The van der Waals surface area contributed by atoms with Crippen molar-refractivity contribution in [2.75, 3.05) is 26.5 Å². The largest absolute Gasteiger partial charge is 0.494 e. The Morgan fingerprint density at radius 2 is 2.10 bits per heavy atom. The van der Waals surface area contributed by atoms with Crippen molar-refractivity contribution in [3.8, 4) is 17.0 Å². The third-order valence-corrected chi connectivity index (χ3v) is 4.37. The molecule has 0 bridgehead atoms. The lowest BCUT2D eigenvalue weighted by atomic mass is 10.1. The van der Waals surface area contributed by atoms with Crippen LogP contribution in [0.25, 0.3) is 11.3 Å². The predicted molar refractivity (Wildman–Crippen MR) is 81.1 cm³/mol. The SMILES string of the molecule is CNc1nc(-c2ccc(OC)c(F)c2)c(C(C)NC)s1. The first-order valence-electron chi connectivity index (χ1n) is 6.30. The molecule has 0 fully saturated rings. The van der Waals surface area contributed by atoms with Crippen LogP contribution in [0.2, 0.25) is 0 Å². The average Bonchev–Trinajstić information content (AvgIpc) is 2.90. The number of hydrogen-bond donors (Lipinski definition) is 2. The van der Waals surface area contributed by atoms with E-state index in [0.717, 1.165) is 21.3 Å². The van der Waals surface area contributed by atoms with E-state index in [9.17, 15) is 4.39 Å². The van der Waals surface area contributed by atoms with Crippen LogP contribution in [-0.4, -0.2) is 26.2 Å². The Kier molecular flexibility index (Phi) is 4.57. The predicted octanol–water partition coefficient (Wildman–Crippen LogP) is 3.28. The van der Waals surface area contributed by atoms with Crippen LogP contribution in [-0.2, 0) is 0 Å². The molecule has 0 spiro atoms. The number of ether oxygens (including phenoxy) is 1. The maximum atomic E-state index is 13.9. The van der Waals surface area contributed by atoms with Gasteiger partial charge in [0.25, 0.3) is 0 Å². The number of methoxy groups -OCH3 is 1. The molecule has 1 unspecified atom stereocenters. The van der Waals surface area contributed by atoms with Crippen LogP contribution < -0.4 is 15.4 Å². The molecule has 108 valence electrons. The Balaban J connectivity index is 2.50. The molecule has 0 aliphatic carbocycles. The number of nitrogens with one attached hydrogen (secondary N) is 2.